The lowest BCUT2D eigenvalue weighted by atomic mass is 9.79. The Morgan fingerprint density at radius 1 is 1.10 bits per heavy atom. The van der Waals surface area contributed by atoms with Crippen LogP contribution >= 0.6 is 0 Å². The average molecular weight is 538 g/mol. The van der Waals surface area contributed by atoms with Gasteiger partial charge in [0.25, 0.3) is 11.5 Å². The molecule has 0 unspecified atom stereocenters. The van der Waals surface area contributed by atoms with Gasteiger partial charge in [0.15, 0.2) is 12.3 Å². The molecule has 0 aliphatic carbocycles. The Hall–Kier alpha value is -4.44. The van der Waals surface area contributed by atoms with Gasteiger partial charge in [0.05, 0.1) is 17.9 Å². The number of fused-ring (bicyclic) bond motifs is 6. The van der Waals surface area contributed by atoms with Crippen LogP contribution in [-0.4, -0.2) is 44.9 Å². The molecule has 0 saturated heterocycles. The van der Waals surface area contributed by atoms with E-state index in [9.17, 15) is 9.59 Å². The molecule has 0 fully saturated rings. The van der Waals surface area contributed by atoms with Crippen LogP contribution in [0.25, 0.3) is 16.7 Å². The van der Waals surface area contributed by atoms with Gasteiger partial charge in [-0.15, -0.1) is 0 Å². The first kappa shape index (κ1) is 24.6. The molecule has 0 spiro atoms. The van der Waals surface area contributed by atoms with E-state index in [1.54, 1.807) is 15.8 Å². The van der Waals surface area contributed by atoms with E-state index >= 15 is 0 Å². The van der Waals surface area contributed by atoms with E-state index < -0.39 is 0 Å². The quantitative estimate of drug-likeness (QED) is 0.375. The predicted octanol–water partition coefficient (Wildman–Crippen LogP) is 3.78. The van der Waals surface area contributed by atoms with Crippen LogP contribution < -0.4 is 25.8 Å². The van der Waals surface area contributed by atoms with Crippen molar-refractivity contribution in [2.75, 3.05) is 29.9 Å². The number of benzene rings is 2. The molecular weight excluding hydrogens is 506 g/mol. The molecule has 0 atom stereocenters. The highest BCUT2D eigenvalue weighted by Crippen LogP contribution is 2.35. The number of carbonyl (C=O) groups excluding carboxylic acids is 1. The zero-order valence-electron chi connectivity index (χ0n) is 22.6. The van der Waals surface area contributed by atoms with Crippen molar-refractivity contribution >= 4 is 34.3 Å². The number of allylic oxidation sites excluding steroid dienone is 2. The molecule has 3 aliphatic heterocycles. The lowest BCUT2D eigenvalue weighted by molar-refractivity contribution is -0.121. The first-order chi connectivity index (χ1) is 19.4. The van der Waals surface area contributed by atoms with Crippen LogP contribution in [0.1, 0.15) is 37.8 Å². The highest BCUT2D eigenvalue weighted by molar-refractivity contribution is 5.98. The summed E-state index contributed by atoms with van der Waals surface area (Å²) in [6, 6.07) is 12.0. The molecular formula is C30H31N7O3. The highest BCUT2D eigenvalue weighted by atomic mass is 16.5. The van der Waals surface area contributed by atoms with Gasteiger partial charge in [-0.2, -0.15) is 4.98 Å². The Morgan fingerprint density at radius 3 is 2.90 bits per heavy atom. The van der Waals surface area contributed by atoms with Gasteiger partial charge >= 0.3 is 0 Å². The predicted molar refractivity (Wildman–Crippen MR) is 154 cm³/mol. The Balaban J connectivity index is 1.34. The standard InChI is InChI=1S/C30H31N7O3/c1-30(2)18-31-15-19-13-20(7-9-23(19)30)33-29-32-16-22-27(34-29)37-21-8-10-25-24(14-21)35(26(38)17-40-25)11-5-3-4-6-12-36(37)28(22)39/h4,6-10,13-14,16,31H,3,5,11-12,15,17-18H2,1-2H3,(H,32,33,34)/b6-4-. The number of anilines is 3. The monoisotopic (exact) mass is 537 g/mol. The van der Waals surface area contributed by atoms with Gasteiger partial charge < -0.3 is 20.3 Å². The van der Waals surface area contributed by atoms with Crippen LogP contribution in [0.2, 0.25) is 0 Å². The molecule has 10 nitrogen and oxygen atoms in total. The van der Waals surface area contributed by atoms with Crippen LogP contribution in [-0.2, 0) is 23.3 Å². The fraction of sp³-hybridized carbons (Fsp3) is 0.333. The Kier molecular flexibility index (Phi) is 5.74. The Morgan fingerprint density at radius 2 is 2.00 bits per heavy atom. The zero-order chi connectivity index (χ0) is 27.4. The molecule has 7 rings (SSSR count). The number of carbonyl (C=O) groups is 1. The van der Waals surface area contributed by atoms with Crippen molar-refractivity contribution in [2.24, 2.45) is 0 Å². The summed E-state index contributed by atoms with van der Waals surface area (Å²) in [5.41, 5.74) is 5.27. The summed E-state index contributed by atoms with van der Waals surface area (Å²) in [5.74, 6) is 0.984. The van der Waals surface area contributed by atoms with Crippen LogP contribution in [0.3, 0.4) is 0 Å². The second kappa shape index (κ2) is 9.34. The molecule has 10 heteroatoms. The lowest BCUT2D eigenvalue weighted by Crippen LogP contribution is -2.39. The van der Waals surface area contributed by atoms with Crippen molar-refractivity contribution in [3.63, 3.8) is 0 Å². The maximum atomic E-state index is 13.5. The van der Waals surface area contributed by atoms with Gasteiger partial charge in [-0.25, -0.2) is 14.3 Å². The SMILES string of the molecule is CC1(C)CNCc2cc(Nc3ncc4c(=O)n5n(c4n3)-c3ccc4c(c3)N(CCC/C=C\C5)C(=O)CO4)ccc21. The van der Waals surface area contributed by atoms with Crippen LogP contribution in [0.5, 0.6) is 5.75 Å². The molecule has 0 radical (unpaired) electrons. The van der Waals surface area contributed by atoms with E-state index in [2.05, 4.69) is 53.7 Å². The third-order valence-electron chi connectivity index (χ3n) is 7.98. The maximum Gasteiger partial charge on any atom is 0.278 e. The number of nitrogens with one attached hydrogen (secondary N) is 2. The minimum absolute atomic E-state index is 0.0256. The van der Waals surface area contributed by atoms with Crippen molar-refractivity contribution in [3.8, 4) is 11.4 Å². The molecule has 4 aromatic rings. The van der Waals surface area contributed by atoms with Gasteiger partial charge in [-0.3, -0.25) is 9.59 Å². The second-order valence-electron chi connectivity index (χ2n) is 11.2. The third kappa shape index (κ3) is 4.06. The average Bonchev–Trinajstić information content (AvgIpc) is 3.20. The fourth-order valence-corrected chi connectivity index (χ4v) is 5.95. The van der Waals surface area contributed by atoms with E-state index in [1.807, 2.05) is 29.0 Å². The normalized spacial score (nSPS) is 18.6. The summed E-state index contributed by atoms with van der Waals surface area (Å²) >= 11 is 0. The van der Waals surface area contributed by atoms with Crippen molar-refractivity contribution < 1.29 is 9.53 Å². The second-order valence-corrected chi connectivity index (χ2v) is 11.2. The number of hydrogen-bond donors (Lipinski definition) is 2. The topological polar surface area (TPSA) is 106 Å². The summed E-state index contributed by atoms with van der Waals surface area (Å²) in [4.78, 5) is 37.4. The van der Waals surface area contributed by atoms with Crippen molar-refractivity contribution in [2.45, 2.75) is 45.2 Å². The molecule has 2 aromatic carbocycles. The van der Waals surface area contributed by atoms with E-state index in [-0.39, 0.29) is 23.5 Å². The molecule has 0 saturated carbocycles. The first-order valence-electron chi connectivity index (χ1n) is 13.7. The highest BCUT2D eigenvalue weighted by Gasteiger charge is 2.28. The summed E-state index contributed by atoms with van der Waals surface area (Å²) in [6.07, 6.45) is 7.25. The van der Waals surface area contributed by atoms with Crippen molar-refractivity contribution in [1.29, 1.82) is 0 Å². The van der Waals surface area contributed by atoms with Gasteiger partial charge in [0.2, 0.25) is 5.95 Å². The minimum Gasteiger partial charge on any atom is -0.482 e. The van der Waals surface area contributed by atoms with Gasteiger partial charge in [0.1, 0.15) is 11.1 Å². The van der Waals surface area contributed by atoms with Gasteiger partial charge in [0, 0.05) is 36.9 Å². The lowest BCUT2D eigenvalue weighted by Gasteiger charge is -2.33. The smallest absolute Gasteiger partial charge is 0.278 e. The summed E-state index contributed by atoms with van der Waals surface area (Å²) in [7, 11) is 0. The van der Waals surface area contributed by atoms with Crippen molar-refractivity contribution in [1.82, 2.24) is 24.6 Å². The molecule has 40 heavy (non-hydrogen) atoms. The minimum atomic E-state index is -0.174. The van der Waals surface area contributed by atoms with E-state index in [0.717, 1.165) is 37.3 Å². The van der Waals surface area contributed by atoms with E-state index in [4.69, 9.17) is 9.72 Å². The number of aromatic nitrogens is 4. The summed E-state index contributed by atoms with van der Waals surface area (Å²) < 4.78 is 9.19. The molecule has 204 valence electrons. The number of nitrogens with zero attached hydrogens (tertiary/aromatic N) is 5. The Labute approximate surface area is 231 Å². The van der Waals surface area contributed by atoms with E-state index in [1.165, 1.54) is 11.1 Å². The first-order valence-corrected chi connectivity index (χ1v) is 13.7. The molecule has 3 aliphatic rings. The molecule has 2 aromatic heterocycles. The largest absolute Gasteiger partial charge is 0.482 e. The number of amides is 1. The Bertz CT molecular complexity index is 1750. The number of hydrogen-bond acceptors (Lipinski definition) is 7. The van der Waals surface area contributed by atoms with Gasteiger partial charge in [-0.1, -0.05) is 32.1 Å². The van der Waals surface area contributed by atoms with Crippen LogP contribution in [0, 0.1) is 0 Å². The zero-order valence-corrected chi connectivity index (χ0v) is 22.6. The summed E-state index contributed by atoms with van der Waals surface area (Å²) in [5, 5.41) is 7.26. The molecule has 1 amide bonds. The van der Waals surface area contributed by atoms with Gasteiger partial charge in [-0.05, 0) is 54.3 Å². The van der Waals surface area contributed by atoms with Crippen molar-refractivity contribution in [3.05, 3.63) is 76.2 Å². The number of ether oxygens (including phenoxy) is 1. The summed E-state index contributed by atoms with van der Waals surface area (Å²) in [6.45, 7) is 7.26. The van der Waals surface area contributed by atoms with Crippen LogP contribution in [0.15, 0.2) is 59.5 Å². The fourth-order valence-electron chi connectivity index (χ4n) is 5.95. The maximum absolute atomic E-state index is 13.5. The molecule has 5 heterocycles. The molecule has 2 bridgehead atoms. The number of rotatable bonds is 2. The van der Waals surface area contributed by atoms with E-state index in [0.29, 0.717) is 41.5 Å². The van der Waals surface area contributed by atoms with Crippen LogP contribution in [0.4, 0.5) is 17.3 Å². The molecule has 2 N–H and O–H groups in total. The third-order valence-corrected chi connectivity index (χ3v) is 7.98.